The molecular weight excluding hydrogens is 396 g/mol. The minimum Gasteiger partial charge on any atom is -0.481 e. The van der Waals surface area contributed by atoms with E-state index >= 15 is 0 Å². The minimum absolute atomic E-state index is 0.0340. The molecule has 5 nitrogen and oxygen atoms in total. The lowest BCUT2D eigenvalue weighted by atomic mass is 9.53. The van der Waals surface area contributed by atoms with E-state index in [1.54, 1.807) is 0 Å². The fraction of sp³-hybridized carbons (Fsp3) is 0.667. The number of ether oxygens (including phenoxy) is 1. The molecule has 1 heterocycles. The summed E-state index contributed by atoms with van der Waals surface area (Å²) >= 11 is 0. The molecule has 3 atom stereocenters. The van der Waals surface area contributed by atoms with Gasteiger partial charge < -0.3 is 14.3 Å². The van der Waals surface area contributed by atoms with Gasteiger partial charge in [-0.25, -0.2) is 0 Å². The summed E-state index contributed by atoms with van der Waals surface area (Å²) in [6.45, 7) is 16.7. The Bertz CT molecular complexity index is 829. The van der Waals surface area contributed by atoms with Crippen LogP contribution in [0.15, 0.2) is 33.9 Å². The van der Waals surface area contributed by atoms with Gasteiger partial charge in [-0.2, -0.15) is 0 Å². The Morgan fingerprint density at radius 1 is 1.30 bits per heavy atom. The highest BCUT2D eigenvalue weighted by Crippen LogP contribution is 2.62. The van der Waals surface area contributed by atoms with Crippen molar-refractivity contribution in [3.8, 4) is 0 Å². The molecule has 1 saturated heterocycles. The number of carboxylic acids is 1. The number of aliphatic carboxylic acids is 1. The second-order valence-electron chi connectivity index (χ2n) is 10.0. The third-order valence-electron chi connectivity index (χ3n) is 6.84. The van der Waals surface area contributed by atoms with E-state index in [9.17, 15) is 9.59 Å². The van der Waals surface area contributed by atoms with E-state index in [0.29, 0.717) is 23.3 Å². The normalized spacial score (nSPS) is 30.1. The van der Waals surface area contributed by atoms with Crippen LogP contribution in [0, 0.1) is 16.7 Å². The molecule has 6 heteroatoms. The molecule has 0 spiro atoms. The van der Waals surface area contributed by atoms with Gasteiger partial charge in [0.15, 0.2) is 10.5 Å². The van der Waals surface area contributed by atoms with Gasteiger partial charge in [0.1, 0.15) is 0 Å². The topological polar surface area (TPSA) is 72.8 Å². The summed E-state index contributed by atoms with van der Waals surface area (Å²) in [6, 6.07) is 0. The first-order valence-corrected chi connectivity index (χ1v) is 11.7. The lowest BCUT2D eigenvalue weighted by Gasteiger charge is -2.47. The quantitative estimate of drug-likeness (QED) is 0.364. The molecular formula is C24H38O5Si. The van der Waals surface area contributed by atoms with Gasteiger partial charge in [0.05, 0.1) is 5.41 Å². The number of carboxylic acid groups (broad SMARTS) is 1. The van der Waals surface area contributed by atoms with E-state index in [0.717, 1.165) is 23.1 Å². The van der Waals surface area contributed by atoms with E-state index in [1.165, 1.54) is 11.1 Å². The molecule has 1 aliphatic carbocycles. The van der Waals surface area contributed by atoms with Crippen molar-refractivity contribution in [1.82, 2.24) is 0 Å². The third kappa shape index (κ3) is 4.08. The van der Waals surface area contributed by atoms with Crippen molar-refractivity contribution in [2.75, 3.05) is 0 Å². The summed E-state index contributed by atoms with van der Waals surface area (Å²) in [6.07, 6.45) is 4.38. The predicted molar refractivity (Wildman–Crippen MR) is 122 cm³/mol. The predicted octanol–water partition coefficient (Wildman–Crippen LogP) is 4.46. The van der Waals surface area contributed by atoms with Crippen LogP contribution in [0.3, 0.4) is 0 Å². The molecule has 1 N–H and O–H groups in total. The van der Waals surface area contributed by atoms with Crippen LogP contribution in [0.4, 0.5) is 0 Å². The molecule has 0 bridgehead atoms. The number of hydrogen-bond acceptors (Lipinski definition) is 4. The number of cyclic esters (lactones) is 1. The molecule has 0 amide bonds. The summed E-state index contributed by atoms with van der Waals surface area (Å²) in [4.78, 5) is 24.3. The summed E-state index contributed by atoms with van der Waals surface area (Å²) in [5.41, 5.74) is 4.73. The summed E-state index contributed by atoms with van der Waals surface area (Å²) in [7, 11) is 0.472. The molecule has 1 aliphatic heterocycles. The third-order valence-corrected chi connectivity index (χ3v) is 7.62. The average Bonchev–Trinajstić information content (AvgIpc) is 2.83. The van der Waals surface area contributed by atoms with Crippen LogP contribution in [0.2, 0.25) is 0 Å². The standard InChI is InChI=1S/C24H38O5Si/c1-9-16-15(3)19-23(7,21(27)28-24(19,8)29-30)20(22(4,5)6)17(16)12-10-14(2)11-13-18(25)26/h10,20H,9,11-13H2,1-8,30H3,(H,25,26). The van der Waals surface area contributed by atoms with Gasteiger partial charge in [0.2, 0.25) is 5.79 Å². The van der Waals surface area contributed by atoms with Crippen molar-refractivity contribution < 1.29 is 23.9 Å². The fourth-order valence-electron chi connectivity index (χ4n) is 5.77. The molecule has 0 saturated carbocycles. The first-order chi connectivity index (χ1) is 13.7. The van der Waals surface area contributed by atoms with Crippen LogP contribution in [0.25, 0.3) is 0 Å². The maximum atomic E-state index is 13.3. The first kappa shape index (κ1) is 24.6. The van der Waals surface area contributed by atoms with Crippen LogP contribution in [-0.4, -0.2) is 33.3 Å². The molecule has 30 heavy (non-hydrogen) atoms. The zero-order chi connectivity index (χ0) is 23.1. The van der Waals surface area contributed by atoms with Gasteiger partial charge in [0.25, 0.3) is 0 Å². The Kier molecular flexibility index (Phi) is 6.94. The molecule has 0 aromatic carbocycles. The molecule has 0 aromatic heterocycles. The number of fused-ring (bicyclic) bond motifs is 1. The highest BCUT2D eigenvalue weighted by molar-refractivity contribution is 5.99. The summed E-state index contributed by atoms with van der Waals surface area (Å²) in [5, 5.41) is 8.98. The van der Waals surface area contributed by atoms with Crippen molar-refractivity contribution in [2.24, 2.45) is 16.7 Å². The van der Waals surface area contributed by atoms with Crippen LogP contribution >= 0.6 is 0 Å². The van der Waals surface area contributed by atoms with E-state index in [-0.39, 0.29) is 23.7 Å². The second kappa shape index (κ2) is 8.46. The number of carbonyl (C=O) groups excluding carboxylic acids is 1. The number of carbonyl (C=O) groups is 2. The van der Waals surface area contributed by atoms with Gasteiger partial charge in [-0.1, -0.05) is 44.9 Å². The second-order valence-corrected chi connectivity index (χ2v) is 10.5. The van der Waals surface area contributed by atoms with Gasteiger partial charge in [-0.05, 0) is 56.6 Å². The Hall–Kier alpha value is -1.66. The largest absolute Gasteiger partial charge is 0.481 e. The Labute approximate surface area is 184 Å². The first-order valence-electron chi connectivity index (χ1n) is 10.8. The highest BCUT2D eigenvalue weighted by atomic mass is 28.2. The van der Waals surface area contributed by atoms with E-state index in [1.807, 2.05) is 20.8 Å². The van der Waals surface area contributed by atoms with Crippen molar-refractivity contribution in [3.63, 3.8) is 0 Å². The number of allylic oxidation sites excluding steroid dienone is 5. The van der Waals surface area contributed by atoms with Gasteiger partial charge in [-0.3, -0.25) is 9.59 Å². The smallest absolute Gasteiger partial charge is 0.319 e. The van der Waals surface area contributed by atoms with Crippen molar-refractivity contribution in [3.05, 3.63) is 33.9 Å². The minimum atomic E-state index is -0.995. The van der Waals surface area contributed by atoms with Gasteiger partial charge in [-0.15, -0.1) is 0 Å². The molecule has 0 aromatic rings. The van der Waals surface area contributed by atoms with Crippen LogP contribution in [0.1, 0.15) is 81.1 Å². The zero-order valence-electron chi connectivity index (χ0n) is 20.1. The summed E-state index contributed by atoms with van der Waals surface area (Å²) in [5.74, 6) is -2.03. The fourth-order valence-corrected chi connectivity index (χ4v) is 6.06. The van der Waals surface area contributed by atoms with E-state index in [4.69, 9.17) is 14.3 Å². The number of rotatable bonds is 7. The monoisotopic (exact) mass is 434 g/mol. The van der Waals surface area contributed by atoms with E-state index < -0.39 is 17.2 Å². The lowest BCUT2D eigenvalue weighted by Crippen LogP contribution is -2.46. The van der Waals surface area contributed by atoms with Crippen LogP contribution in [0.5, 0.6) is 0 Å². The lowest BCUT2D eigenvalue weighted by molar-refractivity contribution is -0.171. The SMILES string of the molecule is CCC1=C(CC=C(C)CCC(=O)O)C(C(C)(C)C)C2(C)C(=O)OC(C)(O[SiH3])C2=C1C. The highest BCUT2D eigenvalue weighted by Gasteiger charge is 2.65. The number of esters is 1. The molecule has 2 aliphatic rings. The average molecular weight is 435 g/mol. The van der Waals surface area contributed by atoms with Crippen molar-refractivity contribution in [2.45, 2.75) is 86.9 Å². The number of hydrogen-bond donors (Lipinski definition) is 1. The molecule has 168 valence electrons. The summed E-state index contributed by atoms with van der Waals surface area (Å²) < 4.78 is 11.7. The van der Waals surface area contributed by atoms with Crippen LogP contribution in [-0.2, 0) is 18.8 Å². The zero-order valence-corrected chi connectivity index (χ0v) is 22.1. The molecule has 3 unspecified atom stereocenters. The van der Waals surface area contributed by atoms with Crippen molar-refractivity contribution >= 4 is 22.4 Å². The Balaban J connectivity index is 2.68. The van der Waals surface area contributed by atoms with E-state index in [2.05, 4.69) is 40.7 Å². The Morgan fingerprint density at radius 3 is 2.37 bits per heavy atom. The van der Waals surface area contributed by atoms with Gasteiger partial charge >= 0.3 is 11.9 Å². The van der Waals surface area contributed by atoms with Gasteiger partial charge in [0, 0.05) is 24.8 Å². The maximum Gasteiger partial charge on any atom is 0.319 e. The molecule has 0 radical (unpaired) electrons. The maximum absolute atomic E-state index is 13.3. The Morgan fingerprint density at radius 2 is 1.90 bits per heavy atom. The molecule has 2 rings (SSSR count). The van der Waals surface area contributed by atoms with Crippen LogP contribution < -0.4 is 0 Å². The molecule has 1 fully saturated rings. The van der Waals surface area contributed by atoms with Crippen molar-refractivity contribution in [1.29, 1.82) is 0 Å².